The summed E-state index contributed by atoms with van der Waals surface area (Å²) in [6.07, 6.45) is 1.26. The Balaban J connectivity index is 5.15. The molecule has 0 nitrogen and oxygen atoms in total. The average Bonchev–Trinajstić information content (AvgIpc) is 2.76. The van der Waals surface area contributed by atoms with E-state index in [1.165, 1.54) is 10.8 Å². The minimum absolute atomic E-state index is 0.677. The molecular weight excluding hydrogens is 1970 g/mol. The van der Waals surface area contributed by atoms with Crippen molar-refractivity contribution in [1.29, 1.82) is 0 Å². The first-order chi connectivity index (χ1) is 13.7. The van der Waals surface area contributed by atoms with Crippen molar-refractivity contribution in [2.45, 2.75) is 64.4 Å². The van der Waals surface area contributed by atoms with Gasteiger partial charge in [0, 0.05) is 55.4 Å². The highest BCUT2D eigenvalue weighted by molar-refractivity contribution is 14.1. The van der Waals surface area contributed by atoms with Crippen molar-refractivity contribution in [1.82, 2.24) is 0 Å². The molecule has 0 amide bonds. The topological polar surface area (TPSA) is 0 Å². The summed E-state index contributed by atoms with van der Waals surface area (Å²) in [4.78, 5) is 0. The molecule has 0 saturated carbocycles. The maximum atomic E-state index is 2.77. The molecule has 0 aromatic heterocycles. The molecule has 0 radical (unpaired) electrons. The molecule has 0 spiro atoms. The summed E-state index contributed by atoms with van der Waals surface area (Å²) in [5.74, 6) is 0. The van der Waals surface area contributed by atoms with Crippen LogP contribution in [0.5, 0.6) is 0 Å². The molecule has 0 N–H and O–H groups in total. The van der Waals surface area contributed by atoms with Crippen LogP contribution in [-0.4, -0.2) is 55.4 Å². The van der Waals surface area contributed by atoms with Gasteiger partial charge in [-0.1, -0.05) is 323 Å². The van der Waals surface area contributed by atoms with Gasteiger partial charge >= 0.3 is 0 Å². The molecule has 0 rings (SSSR count). The predicted molar refractivity (Wildman–Crippen MR) is 261 cm³/mol. The highest BCUT2D eigenvalue weighted by Gasteiger charge is 2.42. The summed E-state index contributed by atoms with van der Waals surface area (Å²) < 4.78 is 10.4. The number of rotatable bonds is 14. The summed E-state index contributed by atoms with van der Waals surface area (Å²) in [6, 6.07) is 0. The molecular formula is C16H20I14. The minimum Gasteiger partial charge on any atom is -0.0852 e. The summed E-state index contributed by atoms with van der Waals surface area (Å²) in [7, 11) is 0. The molecule has 0 bridgehead atoms. The summed E-state index contributed by atoms with van der Waals surface area (Å²) in [5, 5.41) is 0. The zero-order valence-electron chi connectivity index (χ0n) is 15.2. The van der Waals surface area contributed by atoms with E-state index in [-0.39, 0.29) is 0 Å². The second kappa shape index (κ2) is 21.8. The molecule has 0 saturated heterocycles. The normalized spacial score (nSPS) is 25.7. The fraction of sp³-hybridized carbons (Fsp3) is 1.00. The van der Waals surface area contributed by atoms with Crippen LogP contribution in [0.4, 0.5) is 0 Å². The molecule has 0 aliphatic rings. The van der Waals surface area contributed by atoms with E-state index in [0.717, 1.165) is 15.7 Å². The van der Waals surface area contributed by atoms with E-state index < -0.39 is 0 Å². The van der Waals surface area contributed by atoms with E-state index in [4.69, 9.17) is 0 Å². The summed E-state index contributed by atoms with van der Waals surface area (Å²) in [6.45, 7) is 2.32. The highest BCUT2D eigenvalue weighted by atomic mass is 127. The van der Waals surface area contributed by atoms with Crippen LogP contribution in [0.2, 0.25) is 0 Å². The molecule has 0 aromatic rings. The van der Waals surface area contributed by atoms with Gasteiger partial charge in [0.25, 0.3) is 0 Å². The second-order valence-corrected chi connectivity index (χ2v) is 26.4. The van der Waals surface area contributed by atoms with Crippen molar-refractivity contribution < 1.29 is 0 Å². The summed E-state index contributed by atoms with van der Waals surface area (Å²) >= 11 is 38.0. The van der Waals surface area contributed by atoms with Gasteiger partial charge in [-0.3, -0.25) is 0 Å². The Morgan fingerprint density at radius 2 is 0.567 bits per heavy atom. The fourth-order valence-corrected chi connectivity index (χ4v) is 23.3. The third-order valence-corrected chi connectivity index (χ3v) is 43.5. The van der Waals surface area contributed by atoms with Gasteiger partial charge in [-0.05, 0) is 6.42 Å². The second-order valence-electron chi connectivity index (χ2n) is 6.48. The maximum Gasteiger partial charge on any atom is 0.0366 e. The van der Waals surface area contributed by atoms with Gasteiger partial charge in [0.2, 0.25) is 0 Å². The number of halogens is 14. The van der Waals surface area contributed by atoms with Crippen molar-refractivity contribution in [3.8, 4) is 0 Å². The highest BCUT2D eigenvalue weighted by Crippen LogP contribution is 2.43. The van der Waals surface area contributed by atoms with Crippen LogP contribution < -0.4 is 0 Å². The van der Waals surface area contributed by atoms with E-state index in [0.29, 0.717) is 35.3 Å². The third kappa shape index (κ3) is 13.7. The van der Waals surface area contributed by atoms with E-state index in [1.807, 2.05) is 0 Å². The fourth-order valence-electron chi connectivity index (χ4n) is 2.29. The number of hydrogen-bond donors (Lipinski definition) is 0. The summed E-state index contributed by atoms with van der Waals surface area (Å²) in [5.41, 5.74) is 0. The third-order valence-electron chi connectivity index (χ3n) is 4.27. The zero-order valence-corrected chi connectivity index (χ0v) is 45.4. The number of alkyl halides is 14. The first-order valence-electron chi connectivity index (χ1n) is 8.63. The van der Waals surface area contributed by atoms with Crippen molar-refractivity contribution >= 4 is 316 Å². The Bertz CT molecular complexity index is 429. The van der Waals surface area contributed by atoms with Gasteiger partial charge in [0.05, 0.1) is 0 Å². The Hall–Kier alpha value is 10.2. The van der Waals surface area contributed by atoms with Crippen LogP contribution in [0.1, 0.15) is 13.3 Å². The predicted octanol–water partition coefficient (Wildman–Crippen LogP) is 12.3. The molecule has 12 unspecified atom stereocenters. The van der Waals surface area contributed by atoms with E-state index >= 15 is 0 Å². The molecule has 30 heavy (non-hydrogen) atoms. The first kappa shape index (κ1) is 40.2. The lowest BCUT2D eigenvalue weighted by Crippen LogP contribution is -2.46. The van der Waals surface area contributed by atoms with Crippen LogP contribution in [-0.2, 0) is 0 Å². The van der Waals surface area contributed by atoms with Gasteiger partial charge in [0.15, 0.2) is 0 Å². The Kier molecular flexibility index (Phi) is 29.3. The quantitative estimate of drug-likeness (QED) is 0.120. The monoisotopic (exact) mass is 1990 g/mol. The lowest BCUT2D eigenvalue weighted by molar-refractivity contribution is 0.687. The smallest absolute Gasteiger partial charge is 0.0366 e. The van der Waals surface area contributed by atoms with Gasteiger partial charge in [-0.2, -0.15) is 0 Å². The number of hydrogen-bond acceptors (Lipinski definition) is 0. The van der Waals surface area contributed by atoms with Crippen LogP contribution in [0.3, 0.4) is 0 Å². The van der Waals surface area contributed by atoms with Gasteiger partial charge in [-0.15, -0.1) is 0 Å². The largest absolute Gasteiger partial charge is 0.0852 e. The van der Waals surface area contributed by atoms with Crippen molar-refractivity contribution in [3.63, 3.8) is 0 Å². The Labute approximate surface area is 374 Å². The molecule has 0 fully saturated rings. The molecule has 182 valence electrons. The Morgan fingerprint density at radius 1 is 0.367 bits per heavy atom. The molecule has 0 aromatic carbocycles. The van der Waals surface area contributed by atoms with Crippen molar-refractivity contribution in [2.24, 2.45) is 0 Å². The molecule has 0 aliphatic heterocycles. The van der Waals surface area contributed by atoms with Gasteiger partial charge < -0.3 is 0 Å². The first-order valence-corrected chi connectivity index (χ1v) is 26.3. The van der Waals surface area contributed by atoms with Crippen LogP contribution in [0.15, 0.2) is 0 Å². The van der Waals surface area contributed by atoms with Crippen molar-refractivity contribution in [3.05, 3.63) is 0 Å². The Morgan fingerprint density at radius 3 is 0.767 bits per heavy atom. The lowest BCUT2D eigenvalue weighted by Gasteiger charge is -2.36. The lowest BCUT2D eigenvalue weighted by atomic mass is 10.0. The minimum atomic E-state index is 0.677. The van der Waals surface area contributed by atoms with Gasteiger partial charge in [-0.25, -0.2) is 0 Å². The standard InChI is InChI=1S/C16H20I14/c1-2-4(18)6(20)8(22)10(24)12(26)14(28)16(30)15(29)13(27)11(25)9(23)7(21)5(19)3-17/h4-16H,2-3H2,1H3/t4-,5?,6?,7?,8?,9?,10?,11?,12?,13?,14?,15?,16?/m0/s1. The molecule has 0 heterocycles. The molecule has 0 aliphatic carbocycles. The van der Waals surface area contributed by atoms with E-state index in [9.17, 15) is 0 Å². The van der Waals surface area contributed by atoms with Crippen LogP contribution in [0, 0.1) is 0 Å². The molecule has 13 atom stereocenters. The maximum absolute atomic E-state index is 2.77. The van der Waals surface area contributed by atoms with E-state index in [1.54, 1.807) is 0 Å². The molecule has 14 heteroatoms. The average molecular weight is 1990 g/mol. The van der Waals surface area contributed by atoms with Gasteiger partial charge in [0.1, 0.15) is 0 Å². The SMILES string of the molecule is CC[C@H](I)C(I)C(I)C(I)C(I)C(I)C(I)C(I)C(I)C(I)C(I)C(I)C(I)CI. The zero-order chi connectivity index (χ0) is 23.9. The van der Waals surface area contributed by atoms with E-state index in [2.05, 4.69) is 323 Å². The van der Waals surface area contributed by atoms with Crippen LogP contribution >= 0.6 is 316 Å². The van der Waals surface area contributed by atoms with Crippen LogP contribution in [0.25, 0.3) is 0 Å². The van der Waals surface area contributed by atoms with Crippen molar-refractivity contribution in [2.75, 3.05) is 4.43 Å².